The number of benzene rings is 2. The molecule has 10 nitrogen and oxygen atoms in total. The van der Waals surface area contributed by atoms with Crippen LogP contribution in [-0.2, 0) is 22.3 Å². The van der Waals surface area contributed by atoms with Crippen LogP contribution in [0.4, 0.5) is 0 Å². The summed E-state index contributed by atoms with van der Waals surface area (Å²) < 4.78 is 25.4. The van der Waals surface area contributed by atoms with Crippen molar-refractivity contribution in [1.29, 1.82) is 0 Å². The van der Waals surface area contributed by atoms with E-state index in [1.54, 1.807) is 24.9 Å². The highest BCUT2D eigenvalue weighted by molar-refractivity contribution is 6.74. The van der Waals surface area contributed by atoms with Crippen LogP contribution in [0.25, 0.3) is 11.3 Å². The molecule has 0 spiro atoms. The Balaban J connectivity index is 1.31. The summed E-state index contributed by atoms with van der Waals surface area (Å²) in [6.45, 7) is 14.4. The lowest BCUT2D eigenvalue weighted by Crippen LogP contribution is -2.40. The maximum atomic E-state index is 12.8. The number of nitrogens with zero attached hydrogens (tertiary/aromatic N) is 4. The zero-order valence-corrected chi connectivity index (χ0v) is 29.1. The summed E-state index contributed by atoms with van der Waals surface area (Å²) in [7, 11) is -0.301. The number of hydrogen-bond donors (Lipinski definition) is 1. The van der Waals surface area contributed by atoms with Gasteiger partial charge in [-0.3, -0.25) is 5.10 Å². The van der Waals surface area contributed by atoms with E-state index in [9.17, 15) is 4.79 Å². The van der Waals surface area contributed by atoms with E-state index in [0.29, 0.717) is 24.9 Å². The second kappa shape index (κ2) is 14.2. The molecule has 0 aliphatic heterocycles. The zero-order valence-electron chi connectivity index (χ0n) is 28.1. The molecule has 0 saturated heterocycles. The fraction of sp³-hybridized carbons (Fsp3) is 0.486. The molecule has 246 valence electrons. The Kier molecular flexibility index (Phi) is 10.3. The summed E-state index contributed by atoms with van der Waals surface area (Å²) in [5.41, 5.74) is 5.71. The van der Waals surface area contributed by atoms with Gasteiger partial charge in [0.1, 0.15) is 11.9 Å². The molecule has 2 aromatic carbocycles. The van der Waals surface area contributed by atoms with Gasteiger partial charge < -0.3 is 18.6 Å². The van der Waals surface area contributed by atoms with Crippen molar-refractivity contribution in [2.75, 3.05) is 13.7 Å². The van der Waals surface area contributed by atoms with E-state index < -0.39 is 14.3 Å². The van der Waals surface area contributed by atoms with Crippen molar-refractivity contribution in [2.24, 2.45) is 0 Å². The second-order valence-electron chi connectivity index (χ2n) is 13.5. The molecular formula is C35H47N5O5Si. The van der Waals surface area contributed by atoms with Crippen molar-refractivity contribution in [3.05, 3.63) is 77.1 Å². The number of ether oxygens (including phenoxy) is 3. The number of esters is 1. The quantitative estimate of drug-likeness (QED) is 0.124. The molecule has 0 unspecified atom stereocenters. The first-order chi connectivity index (χ1) is 22.0. The fourth-order valence-electron chi connectivity index (χ4n) is 5.56. The third-order valence-electron chi connectivity index (χ3n) is 9.39. The maximum Gasteiger partial charge on any atom is 0.364 e. The molecule has 1 aliphatic carbocycles. The molecular weight excluding hydrogens is 599 g/mol. The van der Waals surface area contributed by atoms with Crippen LogP contribution >= 0.6 is 0 Å². The molecule has 1 N–H and O–H groups in total. The van der Waals surface area contributed by atoms with Gasteiger partial charge in [0.2, 0.25) is 11.6 Å². The van der Waals surface area contributed by atoms with Gasteiger partial charge in [0.25, 0.3) is 0 Å². The van der Waals surface area contributed by atoms with E-state index >= 15 is 0 Å². The van der Waals surface area contributed by atoms with Gasteiger partial charge in [0.05, 0.1) is 32.6 Å². The van der Waals surface area contributed by atoms with Crippen LogP contribution in [0.2, 0.25) is 18.1 Å². The van der Waals surface area contributed by atoms with Crippen LogP contribution < -0.4 is 9.47 Å². The van der Waals surface area contributed by atoms with Crippen LogP contribution in [0, 0.1) is 0 Å². The Morgan fingerprint density at radius 3 is 2.41 bits per heavy atom. The third-order valence-corrected chi connectivity index (χ3v) is 13.9. The number of methoxy groups -OCH3 is 1. The van der Waals surface area contributed by atoms with Gasteiger partial charge in [-0.2, -0.15) is 5.10 Å². The average molecular weight is 646 g/mol. The Labute approximate surface area is 272 Å². The Morgan fingerprint density at radius 1 is 1.04 bits per heavy atom. The minimum Gasteiger partial charge on any atom is -0.497 e. The maximum absolute atomic E-state index is 12.8. The molecule has 0 atom stereocenters. The molecule has 46 heavy (non-hydrogen) atoms. The number of carbonyl (C=O) groups excluding carboxylic acids is 1. The molecule has 11 heteroatoms. The number of aromatic amines is 1. The van der Waals surface area contributed by atoms with Crippen LogP contribution in [-0.4, -0.2) is 59.3 Å². The first kappa shape index (κ1) is 33.4. The highest BCUT2D eigenvalue weighted by Crippen LogP contribution is 2.40. The van der Waals surface area contributed by atoms with E-state index in [4.69, 9.17) is 18.6 Å². The van der Waals surface area contributed by atoms with Gasteiger partial charge in [0.15, 0.2) is 8.32 Å². The van der Waals surface area contributed by atoms with Crippen molar-refractivity contribution < 1.29 is 23.4 Å². The summed E-state index contributed by atoms with van der Waals surface area (Å²) >= 11 is 0. The van der Waals surface area contributed by atoms with Gasteiger partial charge in [-0.1, -0.05) is 56.3 Å². The summed E-state index contributed by atoms with van der Waals surface area (Å²) in [4.78, 5) is 12.8. The molecule has 1 fully saturated rings. The molecule has 2 aromatic heterocycles. The Morgan fingerprint density at radius 2 is 1.78 bits per heavy atom. The second-order valence-corrected chi connectivity index (χ2v) is 18.3. The monoisotopic (exact) mass is 645 g/mol. The van der Waals surface area contributed by atoms with Gasteiger partial charge in [-0.25, -0.2) is 9.48 Å². The van der Waals surface area contributed by atoms with Crippen molar-refractivity contribution in [3.63, 3.8) is 0 Å². The van der Waals surface area contributed by atoms with Crippen LogP contribution in [0.5, 0.6) is 11.6 Å². The predicted octanol–water partition coefficient (Wildman–Crippen LogP) is 7.53. The molecule has 1 aliphatic rings. The lowest BCUT2D eigenvalue weighted by molar-refractivity contribution is 0.0507. The normalized spacial score (nSPS) is 17.1. The SMILES string of the molecule is CCOC(=O)c1nnn(Cc2ccc(OC)cc2)c1O[C@H]1CC[C@H](c2ccc(-c3ccn[nH]3)c(CO[Si](C)(C)C(C)(C)C)c2)CC1. The highest BCUT2D eigenvalue weighted by Gasteiger charge is 2.37. The van der Waals surface area contributed by atoms with Gasteiger partial charge in [-0.15, -0.1) is 5.10 Å². The van der Waals surface area contributed by atoms with Gasteiger partial charge in [0, 0.05) is 11.8 Å². The van der Waals surface area contributed by atoms with Crippen LogP contribution in [0.3, 0.4) is 0 Å². The molecule has 2 heterocycles. The predicted molar refractivity (Wildman–Crippen MR) is 180 cm³/mol. The Bertz CT molecular complexity index is 1590. The lowest BCUT2D eigenvalue weighted by Gasteiger charge is -2.36. The topological polar surface area (TPSA) is 113 Å². The summed E-state index contributed by atoms with van der Waals surface area (Å²) in [6.07, 6.45) is 5.34. The van der Waals surface area contributed by atoms with Crippen molar-refractivity contribution in [2.45, 2.75) is 96.7 Å². The number of H-pyrrole nitrogens is 1. The largest absolute Gasteiger partial charge is 0.497 e. The Hall–Kier alpha value is -3.96. The molecule has 0 radical (unpaired) electrons. The molecule has 0 bridgehead atoms. The summed E-state index contributed by atoms with van der Waals surface area (Å²) in [5, 5.41) is 15.9. The number of rotatable bonds is 12. The van der Waals surface area contributed by atoms with Crippen molar-refractivity contribution in [3.8, 4) is 22.9 Å². The molecule has 4 aromatic rings. The van der Waals surface area contributed by atoms with E-state index in [0.717, 1.165) is 48.3 Å². The first-order valence-corrected chi connectivity index (χ1v) is 19.1. The summed E-state index contributed by atoms with van der Waals surface area (Å²) in [6, 6.07) is 16.5. The van der Waals surface area contributed by atoms with Crippen molar-refractivity contribution in [1.82, 2.24) is 25.2 Å². The first-order valence-electron chi connectivity index (χ1n) is 16.2. The minimum atomic E-state index is -1.94. The number of hydrogen-bond acceptors (Lipinski definition) is 8. The van der Waals surface area contributed by atoms with Gasteiger partial charge in [-0.05, 0) is 91.5 Å². The summed E-state index contributed by atoms with van der Waals surface area (Å²) in [5.74, 6) is 0.992. The molecule has 1 saturated carbocycles. The van der Waals surface area contributed by atoms with Crippen LogP contribution in [0.15, 0.2) is 54.7 Å². The lowest BCUT2D eigenvalue weighted by atomic mass is 9.81. The van der Waals surface area contributed by atoms with E-state index in [-0.39, 0.29) is 23.4 Å². The molecule has 5 rings (SSSR count). The number of aromatic nitrogens is 5. The third kappa shape index (κ3) is 7.70. The molecule has 0 amide bonds. The zero-order chi connectivity index (χ0) is 32.9. The standard InChI is InChI=1S/C35H47N5O5Si/c1-8-43-34(41)32-33(40(39-38-32)22-24-9-14-28(42-5)15-10-24)45-29-16-11-25(12-17-29)26-13-18-30(31-19-20-36-37-31)27(21-26)23-44-46(6,7)35(2,3)4/h9-10,13-15,18-21,25,29H,8,11-12,16-17,22-23H2,1-7H3,(H,36,37)/t25-,29-. The minimum absolute atomic E-state index is 0.0665. The number of carbonyl (C=O) groups is 1. The fourth-order valence-corrected chi connectivity index (χ4v) is 6.51. The number of nitrogens with one attached hydrogen (secondary N) is 1. The van der Waals surface area contributed by atoms with Crippen molar-refractivity contribution >= 4 is 14.3 Å². The van der Waals surface area contributed by atoms with Gasteiger partial charge >= 0.3 is 5.97 Å². The van der Waals surface area contributed by atoms with Crippen LogP contribution in [0.1, 0.15) is 86.5 Å². The average Bonchev–Trinajstić information content (AvgIpc) is 3.71. The van der Waals surface area contributed by atoms with E-state index in [1.807, 2.05) is 30.3 Å². The van der Waals surface area contributed by atoms with E-state index in [2.05, 4.69) is 72.6 Å². The smallest absolute Gasteiger partial charge is 0.364 e. The van der Waals surface area contributed by atoms with E-state index in [1.165, 1.54) is 11.1 Å². The highest BCUT2D eigenvalue weighted by atomic mass is 28.4.